The van der Waals surface area contributed by atoms with Gasteiger partial charge < -0.3 is 19.5 Å². The molecule has 0 aliphatic carbocycles. The number of esters is 1. The van der Waals surface area contributed by atoms with E-state index in [9.17, 15) is 9.59 Å². The van der Waals surface area contributed by atoms with Crippen LogP contribution in [-0.2, 0) is 9.53 Å². The first kappa shape index (κ1) is 23.1. The number of thiophene rings is 1. The van der Waals surface area contributed by atoms with Gasteiger partial charge in [-0.1, -0.05) is 36.4 Å². The van der Waals surface area contributed by atoms with Crippen LogP contribution in [0, 0.1) is 0 Å². The molecule has 0 aliphatic heterocycles. The zero-order valence-electron chi connectivity index (χ0n) is 18.2. The van der Waals surface area contributed by atoms with E-state index in [1.807, 2.05) is 43.3 Å². The van der Waals surface area contributed by atoms with Crippen molar-refractivity contribution in [2.45, 2.75) is 13.8 Å². The molecule has 166 valence electrons. The third-order valence-corrected chi connectivity index (χ3v) is 5.54. The number of nitrogens with one attached hydrogen (secondary N) is 1. The van der Waals surface area contributed by atoms with Crippen LogP contribution in [0.4, 0.5) is 5.00 Å². The van der Waals surface area contributed by atoms with E-state index in [2.05, 4.69) is 5.32 Å². The van der Waals surface area contributed by atoms with Gasteiger partial charge in [-0.05, 0) is 49.2 Å². The van der Waals surface area contributed by atoms with Crippen molar-refractivity contribution in [1.29, 1.82) is 0 Å². The molecule has 0 aliphatic rings. The lowest BCUT2D eigenvalue weighted by molar-refractivity contribution is -0.111. The zero-order chi connectivity index (χ0) is 22.9. The summed E-state index contributed by atoms with van der Waals surface area (Å²) >= 11 is 1.33. The molecule has 2 aromatic carbocycles. The number of anilines is 1. The predicted octanol–water partition coefficient (Wildman–Crippen LogP) is 5.65. The highest BCUT2D eigenvalue weighted by atomic mass is 32.1. The molecule has 3 aromatic rings. The van der Waals surface area contributed by atoms with Gasteiger partial charge >= 0.3 is 5.97 Å². The van der Waals surface area contributed by atoms with Crippen molar-refractivity contribution in [2.24, 2.45) is 0 Å². The third-order valence-electron chi connectivity index (χ3n) is 4.44. The Morgan fingerprint density at radius 1 is 1.00 bits per heavy atom. The highest BCUT2D eigenvalue weighted by molar-refractivity contribution is 7.20. The van der Waals surface area contributed by atoms with Crippen LogP contribution in [-0.4, -0.2) is 32.2 Å². The van der Waals surface area contributed by atoms with Crippen molar-refractivity contribution in [3.8, 4) is 21.9 Å². The Morgan fingerprint density at radius 3 is 2.47 bits per heavy atom. The first-order valence-electron chi connectivity index (χ1n) is 10.2. The molecule has 0 spiro atoms. The van der Waals surface area contributed by atoms with Gasteiger partial charge in [0.25, 0.3) is 0 Å². The molecule has 1 heterocycles. The number of hydrogen-bond donors (Lipinski definition) is 1. The zero-order valence-corrected chi connectivity index (χ0v) is 19.0. The fourth-order valence-electron chi connectivity index (χ4n) is 2.98. The maximum absolute atomic E-state index is 12.6. The maximum atomic E-state index is 12.6. The molecule has 0 unspecified atom stereocenters. The topological polar surface area (TPSA) is 73.9 Å². The monoisotopic (exact) mass is 451 g/mol. The van der Waals surface area contributed by atoms with Crippen LogP contribution in [0.2, 0.25) is 0 Å². The van der Waals surface area contributed by atoms with Crippen molar-refractivity contribution < 1.29 is 23.8 Å². The van der Waals surface area contributed by atoms with E-state index in [0.717, 1.165) is 16.0 Å². The Balaban J connectivity index is 1.80. The summed E-state index contributed by atoms with van der Waals surface area (Å²) in [5, 5.41) is 3.25. The molecule has 0 saturated heterocycles. The van der Waals surface area contributed by atoms with E-state index in [1.165, 1.54) is 17.4 Å². The molecule has 0 saturated carbocycles. The molecule has 1 N–H and O–H groups in total. The van der Waals surface area contributed by atoms with Gasteiger partial charge in [0, 0.05) is 11.0 Å². The Bertz CT molecular complexity index is 1100. The van der Waals surface area contributed by atoms with Crippen molar-refractivity contribution >= 4 is 34.3 Å². The summed E-state index contributed by atoms with van der Waals surface area (Å²) in [6, 6.07) is 16.8. The number of benzene rings is 2. The van der Waals surface area contributed by atoms with E-state index < -0.39 is 5.97 Å². The van der Waals surface area contributed by atoms with Gasteiger partial charge in [-0.3, -0.25) is 4.79 Å². The second-order valence-corrected chi connectivity index (χ2v) is 7.66. The lowest BCUT2D eigenvalue weighted by Gasteiger charge is -2.09. The van der Waals surface area contributed by atoms with E-state index in [-0.39, 0.29) is 12.5 Å². The standard InChI is InChI=1S/C25H25NO5S/c1-4-30-20-13-11-17(15-21(20)29-3)12-14-23(27)26-24-19(25(28)31-5-2)16-22(32-24)18-9-7-6-8-10-18/h6-16H,4-5H2,1-3H3,(H,26,27)/b14-12+. The van der Waals surface area contributed by atoms with Crippen LogP contribution < -0.4 is 14.8 Å². The number of methoxy groups -OCH3 is 1. The molecular formula is C25H25NO5S. The SMILES string of the molecule is CCOC(=O)c1cc(-c2ccccc2)sc1NC(=O)/C=C/c1ccc(OCC)c(OC)c1. The Labute approximate surface area is 191 Å². The molecule has 1 aromatic heterocycles. The minimum atomic E-state index is -0.471. The average molecular weight is 452 g/mol. The normalized spacial score (nSPS) is 10.7. The van der Waals surface area contributed by atoms with Crippen LogP contribution in [0.1, 0.15) is 29.8 Å². The molecule has 0 atom stereocenters. The summed E-state index contributed by atoms with van der Waals surface area (Å²) in [5.41, 5.74) is 2.07. The van der Waals surface area contributed by atoms with Gasteiger partial charge in [0.1, 0.15) is 5.00 Å². The number of rotatable bonds is 9. The summed E-state index contributed by atoms with van der Waals surface area (Å²) in [7, 11) is 1.57. The quantitative estimate of drug-likeness (QED) is 0.336. The maximum Gasteiger partial charge on any atom is 0.341 e. The van der Waals surface area contributed by atoms with E-state index in [4.69, 9.17) is 14.2 Å². The largest absolute Gasteiger partial charge is 0.493 e. The Morgan fingerprint density at radius 2 is 1.78 bits per heavy atom. The van der Waals surface area contributed by atoms with Gasteiger partial charge in [0.2, 0.25) is 5.91 Å². The van der Waals surface area contributed by atoms with Gasteiger partial charge in [-0.2, -0.15) is 0 Å². The van der Waals surface area contributed by atoms with E-state index >= 15 is 0 Å². The number of carbonyl (C=O) groups excluding carboxylic acids is 2. The average Bonchev–Trinajstić information content (AvgIpc) is 3.23. The van der Waals surface area contributed by atoms with Gasteiger partial charge in [-0.25, -0.2) is 4.79 Å². The molecule has 7 heteroatoms. The summed E-state index contributed by atoms with van der Waals surface area (Å²) in [6.07, 6.45) is 3.08. The molecule has 0 fully saturated rings. The molecule has 0 radical (unpaired) electrons. The van der Waals surface area contributed by atoms with Crippen molar-refractivity contribution in [1.82, 2.24) is 0 Å². The highest BCUT2D eigenvalue weighted by Gasteiger charge is 2.19. The molecule has 1 amide bonds. The molecule has 0 bridgehead atoms. The number of amides is 1. The second kappa shape index (κ2) is 11.2. The van der Waals surface area contributed by atoms with Crippen LogP contribution >= 0.6 is 11.3 Å². The van der Waals surface area contributed by atoms with Gasteiger partial charge in [0.15, 0.2) is 11.5 Å². The van der Waals surface area contributed by atoms with Crippen LogP contribution in [0.25, 0.3) is 16.5 Å². The minimum Gasteiger partial charge on any atom is -0.493 e. The summed E-state index contributed by atoms with van der Waals surface area (Å²) in [6.45, 7) is 4.43. The fraction of sp³-hybridized carbons (Fsp3) is 0.200. The minimum absolute atomic E-state index is 0.252. The lowest BCUT2D eigenvalue weighted by atomic mass is 10.1. The van der Waals surface area contributed by atoms with Gasteiger partial charge in [0.05, 0.1) is 25.9 Å². The van der Waals surface area contributed by atoms with Gasteiger partial charge in [-0.15, -0.1) is 11.3 Å². The first-order valence-corrected chi connectivity index (χ1v) is 11.0. The third kappa shape index (κ3) is 5.76. The summed E-state index contributed by atoms with van der Waals surface area (Å²) in [4.78, 5) is 25.9. The lowest BCUT2D eigenvalue weighted by Crippen LogP contribution is -2.11. The molecular weight excluding hydrogens is 426 g/mol. The predicted molar refractivity (Wildman–Crippen MR) is 128 cm³/mol. The van der Waals surface area contributed by atoms with E-state index in [0.29, 0.717) is 28.7 Å². The van der Waals surface area contributed by atoms with E-state index in [1.54, 1.807) is 38.3 Å². The van der Waals surface area contributed by atoms with Crippen molar-refractivity contribution in [2.75, 3.05) is 25.6 Å². The summed E-state index contributed by atoms with van der Waals surface area (Å²) in [5.74, 6) is 0.402. The Kier molecular flexibility index (Phi) is 8.05. The smallest absolute Gasteiger partial charge is 0.341 e. The highest BCUT2D eigenvalue weighted by Crippen LogP contribution is 2.36. The van der Waals surface area contributed by atoms with Crippen molar-refractivity contribution in [3.05, 3.63) is 71.8 Å². The number of hydrogen-bond acceptors (Lipinski definition) is 6. The molecule has 32 heavy (non-hydrogen) atoms. The number of ether oxygens (including phenoxy) is 3. The first-order chi connectivity index (χ1) is 15.5. The second-order valence-electron chi connectivity index (χ2n) is 6.61. The van der Waals surface area contributed by atoms with Crippen molar-refractivity contribution in [3.63, 3.8) is 0 Å². The number of carbonyl (C=O) groups is 2. The molecule has 3 rings (SSSR count). The summed E-state index contributed by atoms with van der Waals surface area (Å²) < 4.78 is 16.0. The Hall–Kier alpha value is -3.58. The van der Waals surface area contributed by atoms with Crippen LogP contribution in [0.15, 0.2) is 60.7 Å². The van der Waals surface area contributed by atoms with Crippen LogP contribution in [0.5, 0.6) is 11.5 Å². The van der Waals surface area contributed by atoms with Crippen LogP contribution in [0.3, 0.4) is 0 Å². The molecule has 6 nitrogen and oxygen atoms in total. The fourth-order valence-corrected chi connectivity index (χ4v) is 4.03.